The topological polar surface area (TPSA) is 75.9 Å². The number of carbonyl (C=O) groups is 2. The van der Waals surface area contributed by atoms with Crippen molar-refractivity contribution in [1.82, 2.24) is 9.80 Å². The van der Waals surface area contributed by atoms with Gasteiger partial charge in [0.1, 0.15) is 17.5 Å². The lowest BCUT2D eigenvalue weighted by molar-refractivity contribution is -0.124. The summed E-state index contributed by atoms with van der Waals surface area (Å²) in [6, 6.07) is 5.30. The number of rotatable bonds is 6. The fourth-order valence-corrected chi connectivity index (χ4v) is 3.78. The molecule has 1 aromatic rings. The minimum atomic E-state index is -0.604. The SMILES string of the molecule is CC(C)N(CC1CCCN(C(C(N)=O)c2ccc(F)cc2)C1)C(=O)OC(C)(C)C. The van der Waals surface area contributed by atoms with E-state index in [1.165, 1.54) is 12.1 Å². The van der Waals surface area contributed by atoms with Crippen molar-refractivity contribution < 1.29 is 18.7 Å². The molecular weight excluding hydrogens is 373 g/mol. The van der Waals surface area contributed by atoms with Gasteiger partial charge in [0.2, 0.25) is 5.91 Å². The van der Waals surface area contributed by atoms with Crippen molar-refractivity contribution in [2.45, 2.75) is 65.1 Å². The minimum absolute atomic E-state index is 0.00395. The molecule has 2 rings (SSSR count). The molecule has 2 atom stereocenters. The van der Waals surface area contributed by atoms with Gasteiger partial charge in [-0.15, -0.1) is 0 Å². The summed E-state index contributed by atoms with van der Waals surface area (Å²) in [5.41, 5.74) is 5.83. The molecule has 0 spiro atoms. The Kier molecular flexibility index (Phi) is 7.63. The smallest absolute Gasteiger partial charge is 0.410 e. The van der Waals surface area contributed by atoms with Crippen LogP contribution in [0.2, 0.25) is 0 Å². The zero-order valence-corrected chi connectivity index (χ0v) is 18.2. The van der Waals surface area contributed by atoms with Crippen molar-refractivity contribution in [1.29, 1.82) is 0 Å². The van der Waals surface area contributed by atoms with Gasteiger partial charge in [-0.25, -0.2) is 9.18 Å². The highest BCUT2D eigenvalue weighted by molar-refractivity contribution is 5.81. The summed E-state index contributed by atoms with van der Waals surface area (Å²) in [4.78, 5) is 28.6. The Bertz CT molecular complexity index is 700. The van der Waals surface area contributed by atoms with Crippen molar-refractivity contribution in [3.05, 3.63) is 35.6 Å². The molecule has 1 fully saturated rings. The quantitative estimate of drug-likeness (QED) is 0.780. The molecule has 1 aliphatic rings. The Morgan fingerprint density at radius 2 is 1.90 bits per heavy atom. The Morgan fingerprint density at radius 3 is 2.41 bits per heavy atom. The molecule has 7 heteroatoms. The number of ether oxygens (including phenoxy) is 1. The van der Waals surface area contributed by atoms with Crippen molar-refractivity contribution in [2.75, 3.05) is 19.6 Å². The maximum atomic E-state index is 13.3. The van der Waals surface area contributed by atoms with Gasteiger partial charge in [-0.2, -0.15) is 0 Å². The van der Waals surface area contributed by atoms with E-state index in [0.29, 0.717) is 18.7 Å². The van der Waals surface area contributed by atoms with Gasteiger partial charge < -0.3 is 15.4 Å². The van der Waals surface area contributed by atoms with Gasteiger partial charge >= 0.3 is 6.09 Å². The average molecular weight is 408 g/mol. The monoisotopic (exact) mass is 407 g/mol. The number of hydrogen-bond acceptors (Lipinski definition) is 4. The predicted molar refractivity (Wildman–Crippen MR) is 111 cm³/mol. The van der Waals surface area contributed by atoms with E-state index in [0.717, 1.165) is 19.4 Å². The van der Waals surface area contributed by atoms with Crippen LogP contribution in [-0.4, -0.2) is 53.1 Å². The van der Waals surface area contributed by atoms with Crippen LogP contribution in [0.25, 0.3) is 0 Å². The molecule has 29 heavy (non-hydrogen) atoms. The number of primary amides is 1. The lowest BCUT2D eigenvalue weighted by Gasteiger charge is -2.40. The highest BCUT2D eigenvalue weighted by atomic mass is 19.1. The number of likely N-dealkylation sites (tertiary alicyclic amines) is 1. The molecule has 1 aromatic carbocycles. The zero-order valence-electron chi connectivity index (χ0n) is 18.2. The minimum Gasteiger partial charge on any atom is -0.444 e. The fourth-order valence-electron chi connectivity index (χ4n) is 3.78. The van der Waals surface area contributed by atoms with E-state index in [4.69, 9.17) is 10.5 Å². The Morgan fingerprint density at radius 1 is 1.28 bits per heavy atom. The largest absolute Gasteiger partial charge is 0.444 e. The molecule has 0 aliphatic carbocycles. The lowest BCUT2D eigenvalue weighted by Crippen LogP contribution is -2.49. The molecule has 6 nitrogen and oxygen atoms in total. The number of halogens is 1. The van der Waals surface area contributed by atoms with Crippen LogP contribution in [-0.2, 0) is 9.53 Å². The average Bonchev–Trinajstić information content (AvgIpc) is 2.60. The predicted octanol–water partition coefficient (Wildman–Crippen LogP) is 3.71. The van der Waals surface area contributed by atoms with E-state index in [1.807, 2.05) is 39.5 Å². The molecule has 2 N–H and O–H groups in total. The highest BCUT2D eigenvalue weighted by Gasteiger charge is 2.33. The molecule has 0 radical (unpaired) electrons. The van der Waals surface area contributed by atoms with Gasteiger partial charge in [0.25, 0.3) is 0 Å². The number of piperidine rings is 1. The molecular formula is C22H34FN3O3. The lowest BCUT2D eigenvalue weighted by atomic mass is 9.93. The number of carbonyl (C=O) groups excluding carboxylic acids is 2. The second kappa shape index (κ2) is 9.57. The number of amides is 2. The third-order valence-corrected chi connectivity index (χ3v) is 5.08. The molecule has 0 aromatic heterocycles. The van der Waals surface area contributed by atoms with E-state index in [9.17, 15) is 14.0 Å². The first-order valence-electron chi connectivity index (χ1n) is 10.3. The Hall–Kier alpha value is -2.15. The molecule has 2 unspecified atom stereocenters. The van der Waals surface area contributed by atoms with Crippen LogP contribution < -0.4 is 5.73 Å². The third-order valence-electron chi connectivity index (χ3n) is 5.08. The summed E-state index contributed by atoms with van der Waals surface area (Å²) in [7, 11) is 0. The maximum Gasteiger partial charge on any atom is 0.410 e. The van der Waals surface area contributed by atoms with Crippen LogP contribution in [0, 0.1) is 11.7 Å². The van der Waals surface area contributed by atoms with Crippen LogP contribution in [0.5, 0.6) is 0 Å². The molecule has 2 amide bonds. The summed E-state index contributed by atoms with van der Waals surface area (Å²) in [6.45, 7) is 11.4. The van der Waals surface area contributed by atoms with Crippen molar-refractivity contribution in [3.63, 3.8) is 0 Å². The highest BCUT2D eigenvalue weighted by Crippen LogP contribution is 2.28. The number of benzene rings is 1. The normalized spacial score (nSPS) is 19.1. The molecule has 1 aliphatic heterocycles. The van der Waals surface area contributed by atoms with E-state index >= 15 is 0 Å². The fraction of sp³-hybridized carbons (Fsp3) is 0.636. The van der Waals surface area contributed by atoms with Gasteiger partial charge in [-0.05, 0) is 77.6 Å². The van der Waals surface area contributed by atoms with Crippen molar-refractivity contribution >= 4 is 12.0 Å². The molecule has 1 heterocycles. The summed E-state index contributed by atoms with van der Waals surface area (Å²) in [5, 5.41) is 0. The van der Waals surface area contributed by atoms with Gasteiger partial charge in [-0.1, -0.05) is 12.1 Å². The summed E-state index contributed by atoms with van der Waals surface area (Å²) >= 11 is 0. The van der Waals surface area contributed by atoms with E-state index in [-0.39, 0.29) is 23.9 Å². The van der Waals surface area contributed by atoms with Gasteiger partial charge in [0.15, 0.2) is 0 Å². The molecule has 162 valence electrons. The van der Waals surface area contributed by atoms with Gasteiger partial charge in [0.05, 0.1) is 0 Å². The van der Waals surface area contributed by atoms with Crippen molar-refractivity contribution in [2.24, 2.45) is 11.7 Å². The Balaban J connectivity index is 2.12. The first-order chi connectivity index (χ1) is 13.5. The first kappa shape index (κ1) is 23.1. The second-order valence-corrected chi connectivity index (χ2v) is 9.09. The molecule has 0 bridgehead atoms. The summed E-state index contributed by atoms with van der Waals surface area (Å²) < 4.78 is 18.8. The number of nitrogens with zero attached hydrogens (tertiary/aromatic N) is 2. The number of nitrogens with two attached hydrogens (primary N) is 1. The first-order valence-corrected chi connectivity index (χ1v) is 10.3. The van der Waals surface area contributed by atoms with E-state index in [2.05, 4.69) is 0 Å². The molecule has 1 saturated heterocycles. The molecule has 0 saturated carbocycles. The van der Waals surface area contributed by atoms with Crippen molar-refractivity contribution in [3.8, 4) is 0 Å². The summed E-state index contributed by atoms with van der Waals surface area (Å²) in [5.74, 6) is -0.607. The van der Waals surface area contributed by atoms with Crippen LogP contribution in [0.3, 0.4) is 0 Å². The van der Waals surface area contributed by atoms with Crippen LogP contribution in [0.15, 0.2) is 24.3 Å². The maximum absolute atomic E-state index is 13.3. The summed E-state index contributed by atoms with van der Waals surface area (Å²) in [6.07, 6.45) is 1.53. The standard InChI is InChI=1S/C22H34FN3O3/c1-15(2)26(21(28)29-22(3,4)5)14-16-7-6-12-25(13-16)19(20(24)27)17-8-10-18(23)11-9-17/h8-11,15-16,19H,6-7,12-14H2,1-5H3,(H2,24,27). The zero-order chi connectivity index (χ0) is 21.8. The van der Waals surface area contributed by atoms with Crippen LogP contribution in [0.1, 0.15) is 59.1 Å². The second-order valence-electron chi connectivity index (χ2n) is 9.09. The Labute approximate surface area is 173 Å². The third kappa shape index (κ3) is 6.70. The van der Waals surface area contributed by atoms with E-state index in [1.54, 1.807) is 17.0 Å². The van der Waals surface area contributed by atoms with Crippen LogP contribution >= 0.6 is 0 Å². The van der Waals surface area contributed by atoms with Gasteiger partial charge in [0, 0.05) is 19.1 Å². The van der Waals surface area contributed by atoms with Gasteiger partial charge in [-0.3, -0.25) is 9.69 Å². The van der Waals surface area contributed by atoms with E-state index < -0.39 is 17.6 Å². The van der Waals surface area contributed by atoms with Crippen LogP contribution in [0.4, 0.5) is 9.18 Å². The number of hydrogen-bond donors (Lipinski definition) is 1.